The van der Waals surface area contributed by atoms with Crippen molar-refractivity contribution < 1.29 is 13.9 Å². The average molecular weight is 344 g/mol. The van der Waals surface area contributed by atoms with Crippen molar-refractivity contribution >= 4 is 11.8 Å². The van der Waals surface area contributed by atoms with E-state index in [0.29, 0.717) is 37.6 Å². The van der Waals surface area contributed by atoms with Crippen molar-refractivity contribution in [1.82, 2.24) is 19.7 Å². The van der Waals surface area contributed by atoms with Gasteiger partial charge in [-0.1, -0.05) is 0 Å². The number of aryl methyl sites for hydroxylation is 1. The number of nitriles is 1. The van der Waals surface area contributed by atoms with Crippen molar-refractivity contribution in [1.29, 1.82) is 5.26 Å². The van der Waals surface area contributed by atoms with Crippen LogP contribution in [0.2, 0.25) is 0 Å². The molecule has 0 bridgehead atoms. The van der Waals surface area contributed by atoms with Crippen LogP contribution in [0.15, 0.2) is 17.1 Å². The molecule has 9 nitrogen and oxygen atoms in total. The maximum atomic E-state index is 12.3. The molecule has 1 atom stereocenters. The molecule has 2 aromatic heterocycles. The van der Waals surface area contributed by atoms with Gasteiger partial charge in [0.05, 0.1) is 25.8 Å². The average Bonchev–Trinajstić information content (AvgIpc) is 3.16. The number of hydrogen-bond donors (Lipinski definition) is 1. The number of nitrogens with zero attached hydrogens (tertiary/aromatic N) is 5. The van der Waals surface area contributed by atoms with Crippen LogP contribution in [-0.4, -0.2) is 57.9 Å². The summed E-state index contributed by atoms with van der Waals surface area (Å²) in [5, 5.41) is 16.0. The fraction of sp³-hybridized carbons (Fsp3) is 0.500. The quantitative estimate of drug-likeness (QED) is 0.850. The highest BCUT2D eigenvalue weighted by molar-refractivity contribution is 5.92. The molecule has 1 fully saturated rings. The Kier molecular flexibility index (Phi) is 5.11. The highest BCUT2D eigenvalue weighted by atomic mass is 16.5. The van der Waals surface area contributed by atoms with Crippen LogP contribution in [0.1, 0.15) is 16.9 Å². The number of aromatic nitrogens is 3. The number of furan rings is 1. The van der Waals surface area contributed by atoms with E-state index in [-0.39, 0.29) is 24.4 Å². The molecular weight excluding hydrogens is 324 g/mol. The summed E-state index contributed by atoms with van der Waals surface area (Å²) in [6, 6.07) is 2.07. The number of hydrogen-bond acceptors (Lipinski definition) is 7. The van der Waals surface area contributed by atoms with Crippen LogP contribution in [0, 0.1) is 25.2 Å². The Labute approximate surface area is 145 Å². The molecule has 9 heteroatoms. The lowest BCUT2D eigenvalue weighted by molar-refractivity contribution is -0.119. The molecule has 1 amide bonds. The van der Waals surface area contributed by atoms with Gasteiger partial charge in [0.15, 0.2) is 0 Å². The van der Waals surface area contributed by atoms with Crippen LogP contribution < -0.4 is 5.32 Å². The van der Waals surface area contributed by atoms with Crippen molar-refractivity contribution in [2.75, 3.05) is 31.6 Å². The van der Waals surface area contributed by atoms with Gasteiger partial charge in [0, 0.05) is 18.7 Å². The molecule has 3 rings (SSSR count). The second-order valence-corrected chi connectivity index (χ2v) is 5.99. The standard InChI is InChI=1S/C16H20N6O3/c1-11-12(2)25-16(14(11)5-17)20-15(23)8-21-3-4-24-13(6-21)7-22-10-18-9-19-22/h9-10,13H,3-4,6-8H2,1-2H3,(H,20,23). The molecule has 0 radical (unpaired) electrons. The maximum Gasteiger partial charge on any atom is 0.240 e. The minimum Gasteiger partial charge on any atom is -0.444 e. The summed E-state index contributed by atoms with van der Waals surface area (Å²) >= 11 is 0. The second-order valence-electron chi connectivity index (χ2n) is 5.99. The van der Waals surface area contributed by atoms with Gasteiger partial charge in [0.1, 0.15) is 30.0 Å². The van der Waals surface area contributed by atoms with Crippen LogP contribution >= 0.6 is 0 Å². The third-order valence-corrected chi connectivity index (χ3v) is 4.20. The van der Waals surface area contributed by atoms with E-state index in [1.807, 2.05) is 4.90 Å². The minimum atomic E-state index is -0.216. The second kappa shape index (κ2) is 7.46. The van der Waals surface area contributed by atoms with Gasteiger partial charge in [-0.25, -0.2) is 4.98 Å². The zero-order valence-electron chi connectivity index (χ0n) is 14.2. The normalized spacial score (nSPS) is 18.0. The monoisotopic (exact) mass is 344 g/mol. The molecule has 1 aliphatic rings. The molecule has 1 aliphatic heterocycles. The molecule has 1 unspecified atom stereocenters. The predicted molar refractivity (Wildman–Crippen MR) is 87.7 cm³/mol. The van der Waals surface area contributed by atoms with Crippen molar-refractivity contribution in [3.8, 4) is 6.07 Å². The Morgan fingerprint density at radius 1 is 1.52 bits per heavy atom. The van der Waals surface area contributed by atoms with E-state index in [4.69, 9.17) is 9.15 Å². The van der Waals surface area contributed by atoms with Crippen molar-refractivity contribution in [2.45, 2.75) is 26.5 Å². The first-order valence-electron chi connectivity index (χ1n) is 8.03. The van der Waals surface area contributed by atoms with Gasteiger partial charge in [-0.05, 0) is 13.8 Å². The molecule has 0 aliphatic carbocycles. The minimum absolute atomic E-state index is 0.0500. The first kappa shape index (κ1) is 17.1. The van der Waals surface area contributed by atoms with Crippen molar-refractivity contribution in [2.24, 2.45) is 0 Å². The number of amides is 1. The highest BCUT2D eigenvalue weighted by Crippen LogP contribution is 2.25. The van der Waals surface area contributed by atoms with Crippen molar-refractivity contribution in [3.05, 3.63) is 29.5 Å². The summed E-state index contributed by atoms with van der Waals surface area (Å²) in [4.78, 5) is 18.2. The number of anilines is 1. The predicted octanol–water partition coefficient (Wildman–Crippen LogP) is 0.699. The highest BCUT2D eigenvalue weighted by Gasteiger charge is 2.24. The third-order valence-electron chi connectivity index (χ3n) is 4.20. The number of carbonyl (C=O) groups excluding carboxylic acids is 1. The van der Waals surface area contributed by atoms with Gasteiger partial charge in [-0.15, -0.1) is 0 Å². The molecule has 132 valence electrons. The maximum absolute atomic E-state index is 12.3. The van der Waals surface area contributed by atoms with E-state index in [2.05, 4.69) is 21.5 Å². The van der Waals surface area contributed by atoms with E-state index < -0.39 is 0 Å². The summed E-state index contributed by atoms with van der Waals surface area (Å²) in [7, 11) is 0. The summed E-state index contributed by atoms with van der Waals surface area (Å²) in [6.07, 6.45) is 3.07. The van der Waals surface area contributed by atoms with Gasteiger partial charge < -0.3 is 9.15 Å². The van der Waals surface area contributed by atoms with E-state index in [1.54, 1.807) is 24.9 Å². The number of rotatable bonds is 5. The largest absolute Gasteiger partial charge is 0.444 e. The summed E-state index contributed by atoms with van der Waals surface area (Å²) in [5.74, 6) is 0.632. The van der Waals surface area contributed by atoms with Crippen LogP contribution in [-0.2, 0) is 16.1 Å². The SMILES string of the molecule is Cc1oc(NC(=O)CN2CCOC(Cn3cncn3)C2)c(C#N)c1C. The van der Waals surface area contributed by atoms with Crippen LogP contribution in [0.5, 0.6) is 0 Å². The lowest BCUT2D eigenvalue weighted by Crippen LogP contribution is -2.47. The van der Waals surface area contributed by atoms with Gasteiger partial charge in [-0.3, -0.25) is 19.7 Å². The van der Waals surface area contributed by atoms with Crippen LogP contribution in [0.4, 0.5) is 5.88 Å². The number of ether oxygens (including phenoxy) is 1. The molecule has 0 aromatic carbocycles. The summed E-state index contributed by atoms with van der Waals surface area (Å²) in [6.45, 7) is 6.20. The first-order valence-corrected chi connectivity index (χ1v) is 8.03. The lowest BCUT2D eigenvalue weighted by Gasteiger charge is -2.32. The molecular formula is C16H20N6O3. The van der Waals surface area contributed by atoms with E-state index >= 15 is 0 Å². The molecule has 25 heavy (non-hydrogen) atoms. The fourth-order valence-electron chi connectivity index (χ4n) is 2.79. The molecule has 0 spiro atoms. The topological polar surface area (TPSA) is 109 Å². The molecule has 1 N–H and O–H groups in total. The van der Waals surface area contributed by atoms with Gasteiger partial charge in [0.2, 0.25) is 11.8 Å². The third kappa shape index (κ3) is 4.04. The lowest BCUT2D eigenvalue weighted by atomic mass is 10.2. The zero-order valence-corrected chi connectivity index (χ0v) is 14.2. The van der Waals surface area contributed by atoms with Crippen LogP contribution in [0.25, 0.3) is 0 Å². The van der Waals surface area contributed by atoms with Gasteiger partial charge in [-0.2, -0.15) is 10.4 Å². The smallest absolute Gasteiger partial charge is 0.240 e. The summed E-state index contributed by atoms with van der Waals surface area (Å²) < 4.78 is 12.9. The van der Waals surface area contributed by atoms with E-state index in [1.165, 1.54) is 6.33 Å². The van der Waals surface area contributed by atoms with Gasteiger partial charge >= 0.3 is 0 Å². The summed E-state index contributed by atoms with van der Waals surface area (Å²) in [5.41, 5.74) is 1.12. The number of carbonyl (C=O) groups is 1. The molecule has 2 aromatic rings. The van der Waals surface area contributed by atoms with Crippen LogP contribution in [0.3, 0.4) is 0 Å². The number of nitrogens with one attached hydrogen (secondary N) is 1. The fourth-order valence-corrected chi connectivity index (χ4v) is 2.79. The molecule has 0 saturated carbocycles. The zero-order chi connectivity index (χ0) is 17.8. The van der Waals surface area contributed by atoms with Gasteiger partial charge in [0.25, 0.3) is 0 Å². The van der Waals surface area contributed by atoms with E-state index in [0.717, 1.165) is 5.56 Å². The Bertz CT molecular complexity index is 777. The Morgan fingerprint density at radius 3 is 3.08 bits per heavy atom. The Hall–Kier alpha value is -2.70. The Morgan fingerprint density at radius 2 is 2.36 bits per heavy atom. The first-order chi connectivity index (χ1) is 12.1. The van der Waals surface area contributed by atoms with Crippen molar-refractivity contribution in [3.63, 3.8) is 0 Å². The molecule has 1 saturated heterocycles. The molecule has 3 heterocycles. The number of morpholine rings is 1. The van der Waals surface area contributed by atoms with E-state index in [9.17, 15) is 10.1 Å². The Balaban J connectivity index is 1.56.